The van der Waals surface area contributed by atoms with Crippen LogP contribution in [0.4, 0.5) is 5.69 Å². The van der Waals surface area contributed by atoms with Crippen LogP contribution in [0.25, 0.3) is 11.4 Å². The molecule has 2 aromatic heterocycles. The second-order valence-electron chi connectivity index (χ2n) is 4.68. The van der Waals surface area contributed by atoms with Crippen molar-refractivity contribution in [3.05, 3.63) is 60.6 Å². The van der Waals surface area contributed by atoms with Crippen LogP contribution >= 0.6 is 0 Å². The van der Waals surface area contributed by atoms with E-state index in [1.54, 1.807) is 13.3 Å². The highest BCUT2D eigenvalue weighted by Crippen LogP contribution is 2.20. The summed E-state index contributed by atoms with van der Waals surface area (Å²) in [5.41, 5.74) is 8.47. The Balaban J connectivity index is 1.92. The lowest BCUT2D eigenvalue weighted by atomic mass is 10.2. The minimum absolute atomic E-state index is 0.609. The first-order valence-corrected chi connectivity index (χ1v) is 6.63. The number of anilines is 1. The molecule has 3 rings (SSSR count). The maximum Gasteiger partial charge on any atom is 0.213 e. The summed E-state index contributed by atoms with van der Waals surface area (Å²) in [4.78, 5) is 8.84. The molecule has 106 valence electrons. The summed E-state index contributed by atoms with van der Waals surface area (Å²) in [5.74, 6) is 1.48. The largest absolute Gasteiger partial charge is 0.481 e. The molecule has 0 amide bonds. The highest BCUT2D eigenvalue weighted by Gasteiger charge is 2.07. The Kier molecular flexibility index (Phi) is 3.55. The highest BCUT2D eigenvalue weighted by atomic mass is 16.5. The van der Waals surface area contributed by atoms with Crippen LogP contribution in [0, 0.1) is 0 Å². The standard InChI is InChI=1S/C16H16N4O/c1-21-15-7-3-6-14(19-15)11-20-9-8-18-16(20)12-4-2-5-13(17)10-12/h2-10H,11,17H2,1H3. The third kappa shape index (κ3) is 2.86. The summed E-state index contributed by atoms with van der Waals surface area (Å²) < 4.78 is 7.19. The van der Waals surface area contributed by atoms with Gasteiger partial charge < -0.3 is 15.0 Å². The summed E-state index contributed by atoms with van der Waals surface area (Å²) in [6, 6.07) is 13.4. The summed E-state index contributed by atoms with van der Waals surface area (Å²) in [6.45, 7) is 0.626. The van der Waals surface area contributed by atoms with Gasteiger partial charge >= 0.3 is 0 Å². The molecule has 0 bridgehead atoms. The van der Waals surface area contributed by atoms with E-state index in [1.165, 1.54) is 0 Å². The normalized spacial score (nSPS) is 10.5. The fraction of sp³-hybridized carbons (Fsp3) is 0.125. The van der Waals surface area contributed by atoms with E-state index in [2.05, 4.69) is 9.97 Å². The molecule has 1 aromatic carbocycles. The van der Waals surface area contributed by atoms with Gasteiger partial charge in [0.05, 0.1) is 19.3 Å². The Morgan fingerprint density at radius 1 is 1.19 bits per heavy atom. The van der Waals surface area contributed by atoms with E-state index in [9.17, 15) is 0 Å². The van der Waals surface area contributed by atoms with Gasteiger partial charge in [0.15, 0.2) is 0 Å². The Bertz CT molecular complexity index is 751. The molecule has 21 heavy (non-hydrogen) atoms. The predicted molar refractivity (Wildman–Crippen MR) is 82.0 cm³/mol. The van der Waals surface area contributed by atoms with Gasteiger partial charge in [-0.3, -0.25) is 0 Å². The molecule has 0 saturated heterocycles. The average molecular weight is 280 g/mol. The Labute approximate surface area is 123 Å². The molecular weight excluding hydrogens is 264 g/mol. The van der Waals surface area contributed by atoms with Crippen LogP contribution in [0.1, 0.15) is 5.69 Å². The van der Waals surface area contributed by atoms with E-state index in [0.29, 0.717) is 12.4 Å². The number of nitrogens with zero attached hydrogens (tertiary/aromatic N) is 3. The molecule has 5 nitrogen and oxygen atoms in total. The van der Waals surface area contributed by atoms with Gasteiger partial charge in [-0.25, -0.2) is 9.97 Å². The topological polar surface area (TPSA) is 66.0 Å². The fourth-order valence-corrected chi connectivity index (χ4v) is 2.21. The first-order chi connectivity index (χ1) is 10.3. The molecule has 0 saturated carbocycles. The van der Waals surface area contributed by atoms with Crippen molar-refractivity contribution in [3.8, 4) is 17.3 Å². The van der Waals surface area contributed by atoms with Gasteiger partial charge in [-0.05, 0) is 18.2 Å². The lowest BCUT2D eigenvalue weighted by Crippen LogP contribution is -2.03. The van der Waals surface area contributed by atoms with Crippen LogP contribution < -0.4 is 10.5 Å². The molecule has 0 spiro atoms. The zero-order valence-electron chi connectivity index (χ0n) is 11.7. The number of hydrogen-bond acceptors (Lipinski definition) is 4. The lowest BCUT2D eigenvalue weighted by molar-refractivity contribution is 0.396. The number of hydrogen-bond donors (Lipinski definition) is 1. The van der Waals surface area contributed by atoms with Gasteiger partial charge in [-0.15, -0.1) is 0 Å². The summed E-state index contributed by atoms with van der Waals surface area (Å²) in [6.07, 6.45) is 3.71. The van der Waals surface area contributed by atoms with Crippen molar-refractivity contribution in [2.45, 2.75) is 6.54 Å². The first kappa shape index (κ1) is 13.2. The smallest absolute Gasteiger partial charge is 0.213 e. The van der Waals surface area contributed by atoms with Gasteiger partial charge in [0.2, 0.25) is 5.88 Å². The number of pyridine rings is 1. The zero-order valence-corrected chi connectivity index (χ0v) is 11.7. The minimum atomic E-state index is 0.609. The molecule has 2 heterocycles. The number of benzene rings is 1. The van der Waals surface area contributed by atoms with E-state index < -0.39 is 0 Å². The number of rotatable bonds is 4. The van der Waals surface area contributed by atoms with Gasteiger partial charge in [-0.2, -0.15) is 0 Å². The van der Waals surface area contributed by atoms with Crippen molar-refractivity contribution in [2.24, 2.45) is 0 Å². The van der Waals surface area contributed by atoms with Gasteiger partial charge in [0, 0.05) is 29.7 Å². The van der Waals surface area contributed by atoms with Crippen molar-refractivity contribution in [1.82, 2.24) is 14.5 Å². The van der Waals surface area contributed by atoms with Crippen molar-refractivity contribution in [2.75, 3.05) is 12.8 Å². The molecule has 0 aliphatic heterocycles. The number of ether oxygens (including phenoxy) is 1. The van der Waals surface area contributed by atoms with Crippen LogP contribution in [0.2, 0.25) is 0 Å². The SMILES string of the molecule is COc1cccc(Cn2ccnc2-c2cccc(N)c2)n1. The monoisotopic (exact) mass is 280 g/mol. The summed E-state index contributed by atoms with van der Waals surface area (Å²) in [7, 11) is 1.61. The summed E-state index contributed by atoms with van der Waals surface area (Å²) in [5, 5.41) is 0. The third-order valence-electron chi connectivity index (χ3n) is 3.18. The molecular formula is C16H16N4O. The number of aromatic nitrogens is 3. The van der Waals surface area contributed by atoms with Crippen molar-refractivity contribution >= 4 is 5.69 Å². The Morgan fingerprint density at radius 2 is 2.05 bits per heavy atom. The molecule has 0 aliphatic carbocycles. The Hall–Kier alpha value is -2.82. The van der Waals surface area contributed by atoms with Crippen LogP contribution in [0.3, 0.4) is 0 Å². The maximum absolute atomic E-state index is 5.84. The van der Waals surface area contributed by atoms with Crippen molar-refractivity contribution < 1.29 is 4.74 Å². The van der Waals surface area contributed by atoms with Crippen LogP contribution in [0.5, 0.6) is 5.88 Å². The van der Waals surface area contributed by atoms with Crippen molar-refractivity contribution in [1.29, 1.82) is 0 Å². The van der Waals surface area contributed by atoms with Gasteiger partial charge in [0.25, 0.3) is 0 Å². The lowest BCUT2D eigenvalue weighted by Gasteiger charge is -2.09. The first-order valence-electron chi connectivity index (χ1n) is 6.63. The molecule has 0 atom stereocenters. The van der Waals surface area contributed by atoms with Crippen LogP contribution in [-0.2, 0) is 6.54 Å². The fourth-order valence-electron chi connectivity index (χ4n) is 2.21. The highest BCUT2D eigenvalue weighted by molar-refractivity contribution is 5.61. The van der Waals surface area contributed by atoms with Crippen LogP contribution in [-0.4, -0.2) is 21.6 Å². The predicted octanol–water partition coefficient (Wildman–Crippen LogP) is 2.58. The minimum Gasteiger partial charge on any atom is -0.481 e. The van der Waals surface area contributed by atoms with Gasteiger partial charge in [0.1, 0.15) is 5.82 Å². The quantitative estimate of drug-likeness (QED) is 0.746. The van der Waals surface area contributed by atoms with E-state index in [4.69, 9.17) is 10.5 Å². The van der Waals surface area contributed by atoms with Crippen molar-refractivity contribution in [3.63, 3.8) is 0 Å². The molecule has 3 aromatic rings. The van der Waals surface area contributed by atoms with E-state index in [-0.39, 0.29) is 0 Å². The van der Waals surface area contributed by atoms with E-state index >= 15 is 0 Å². The second-order valence-corrected chi connectivity index (χ2v) is 4.68. The molecule has 0 aliphatic rings. The third-order valence-corrected chi connectivity index (χ3v) is 3.18. The summed E-state index contributed by atoms with van der Waals surface area (Å²) >= 11 is 0. The van der Waals surface area contributed by atoms with E-state index in [1.807, 2.05) is 53.2 Å². The van der Waals surface area contributed by atoms with Crippen LogP contribution in [0.15, 0.2) is 54.9 Å². The molecule has 0 fully saturated rings. The number of methoxy groups -OCH3 is 1. The molecule has 5 heteroatoms. The average Bonchev–Trinajstić information content (AvgIpc) is 2.95. The zero-order chi connectivity index (χ0) is 14.7. The molecule has 0 unspecified atom stereocenters. The molecule has 0 radical (unpaired) electrons. The number of imidazole rings is 1. The van der Waals surface area contributed by atoms with Gasteiger partial charge in [-0.1, -0.05) is 18.2 Å². The number of nitrogen functional groups attached to an aromatic ring is 1. The number of nitrogens with two attached hydrogens (primary N) is 1. The molecule has 2 N–H and O–H groups in total. The Morgan fingerprint density at radius 3 is 2.86 bits per heavy atom. The second kappa shape index (κ2) is 5.66. The van der Waals surface area contributed by atoms with E-state index in [0.717, 1.165) is 22.8 Å². The maximum atomic E-state index is 5.84.